The number of ether oxygens (including phenoxy) is 1. The molecule has 0 atom stereocenters. The number of nitro groups is 1. The Bertz CT molecular complexity index is 6640. The molecule has 0 unspecified atom stereocenters. The van der Waals surface area contributed by atoms with Gasteiger partial charge in [-0.1, -0.05) is 133 Å². The first-order valence-electron chi connectivity index (χ1n) is 37.3. The molecule has 10 aromatic carbocycles. The molecule has 5 heterocycles. The number of fused-ring (bicyclic) bond motifs is 5. The van der Waals surface area contributed by atoms with Crippen LogP contribution in [-0.4, -0.2) is 88.9 Å². The topological polar surface area (TPSA) is 340 Å². The summed E-state index contributed by atoms with van der Waals surface area (Å²) in [7, 11) is 1.51. The Hall–Kier alpha value is -15.5. The molecular weight excluding hydrogens is 1480 g/mol. The molecule has 15 aromatic rings. The van der Waals surface area contributed by atoms with Crippen molar-refractivity contribution in [3.63, 3.8) is 0 Å². The van der Waals surface area contributed by atoms with Crippen LogP contribution >= 0.6 is 0 Å². The number of aryl methyl sites for hydroxylation is 10. The molecule has 0 fully saturated rings. The second-order valence-electron chi connectivity index (χ2n) is 28.3. The van der Waals surface area contributed by atoms with E-state index in [1.54, 1.807) is 85.0 Å². The minimum absolute atomic E-state index is 0.0171. The molecule has 15 rings (SSSR count). The molecule has 0 aliphatic rings. The van der Waals surface area contributed by atoms with Gasteiger partial charge < -0.3 is 50.7 Å². The molecule has 0 saturated heterocycles. The lowest BCUT2D eigenvalue weighted by Crippen LogP contribution is -1.95. The van der Waals surface area contributed by atoms with Crippen molar-refractivity contribution >= 4 is 127 Å². The number of aromatic carboxylic acids is 1. The summed E-state index contributed by atoms with van der Waals surface area (Å²) in [6.07, 6.45) is 18.0. The number of carboxylic acids is 1. The Morgan fingerprint density at radius 2 is 0.712 bits per heavy atom. The predicted molar refractivity (Wildman–Crippen MR) is 471 cm³/mol. The van der Waals surface area contributed by atoms with Crippen molar-refractivity contribution in [3.8, 4) is 57.8 Å². The van der Waals surface area contributed by atoms with Gasteiger partial charge in [0.1, 0.15) is 67.8 Å². The lowest BCUT2D eigenvalue weighted by molar-refractivity contribution is -0.384. The van der Waals surface area contributed by atoms with Crippen molar-refractivity contribution in [1.82, 2.24) is 24.9 Å². The van der Waals surface area contributed by atoms with Gasteiger partial charge in [-0.15, -0.1) is 0 Å². The van der Waals surface area contributed by atoms with E-state index in [1.165, 1.54) is 37.4 Å². The summed E-state index contributed by atoms with van der Waals surface area (Å²) in [5, 5.41) is 114. The summed E-state index contributed by atoms with van der Waals surface area (Å²) in [6, 6.07) is 61.0. The molecule has 0 bridgehead atoms. The van der Waals surface area contributed by atoms with Crippen LogP contribution in [0.4, 0.5) is 5.69 Å². The van der Waals surface area contributed by atoms with Gasteiger partial charge in [0, 0.05) is 44.6 Å². The fraction of sp³-hybridized carbons (Fsp3) is 0.112. The van der Waals surface area contributed by atoms with Gasteiger partial charge in [-0.05, 0) is 262 Å². The van der Waals surface area contributed by atoms with Gasteiger partial charge in [0.15, 0.2) is 11.5 Å². The molecule has 118 heavy (non-hydrogen) atoms. The molecular formula is C98H85N7O13. The number of rotatable bonds is 13. The first-order chi connectivity index (χ1) is 56.4. The van der Waals surface area contributed by atoms with Gasteiger partial charge in [0.05, 0.1) is 57.7 Å². The van der Waals surface area contributed by atoms with Gasteiger partial charge in [-0.3, -0.25) is 10.1 Å². The van der Waals surface area contributed by atoms with Crippen LogP contribution < -0.4 is 4.74 Å². The minimum atomic E-state index is -1.06. The maximum absolute atomic E-state index is 11.0. The summed E-state index contributed by atoms with van der Waals surface area (Å²) < 4.78 is 5.10. The van der Waals surface area contributed by atoms with Crippen LogP contribution in [0.25, 0.3) is 115 Å². The van der Waals surface area contributed by atoms with Crippen LogP contribution in [0, 0.1) is 90.7 Å². The Labute approximate surface area is 681 Å². The molecule has 20 heteroatoms. The Kier molecular flexibility index (Phi) is 26.2. The third kappa shape index (κ3) is 19.9. The first-order valence-corrected chi connectivity index (χ1v) is 37.3. The highest BCUT2D eigenvalue weighted by molar-refractivity contribution is 5.95. The van der Waals surface area contributed by atoms with Crippen LogP contribution in [0.1, 0.15) is 128 Å². The SMILES string of the molecule is COc1cc(/C=C/c2ccc3c(C)cc(C)c(O)c3n2)ccc1O.Cc1cc(C)c2ccc(/C=C/c3cc(C(=O)O)ccc3O)nc2c1O.Cc1cc(C)c2ccc(/C=C/c3cccc(O)c3)nc2c1O.Cc1cc(C)c2ccc(/C=C/c3cccc([N+](=O)[O-])c3)nc2c1O.Cc1cc(C)c2ccc(/C=C/c3ccccc3C#N)nc2c1O. The van der Waals surface area contributed by atoms with Gasteiger partial charge in [-0.25, -0.2) is 29.7 Å². The molecule has 0 amide bonds. The number of nitrogens with zero attached hydrogens (tertiary/aromatic N) is 7. The molecule has 5 aromatic heterocycles. The van der Waals surface area contributed by atoms with E-state index in [0.717, 1.165) is 122 Å². The van der Waals surface area contributed by atoms with Crippen molar-refractivity contribution < 1.29 is 60.4 Å². The van der Waals surface area contributed by atoms with Crippen molar-refractivity contribution in [1.29, 1.82) is 5.26 Å². The van der Waals surface area contributed by atoms with Crippen LogP contribution in [-0.2, 0) is 0 Å². The number of phenols is 8. The summed E-state index contributed by atoms with van der Waals surface area (Å²) >= 11 is 0. The normalized spacial score (nSPS) is 11.2. The molecule has 0 radical (unpaired) electrons. The highest BCUT2D eigenvalue weighted by atomic mass is 16.6. The van der Waals surface area contributed by atoms with Crippen LogP contribution in [0.15, 0.2) is 200 Å². The highest BCUT2D eigenvalue weighted by Crippen LogP contribution is 2.37. The first kappa shape index (κ1) is 83.4. The van der Waals surface area contributed by atoms with E-state index in [-0.39, 0.29) is 57.2 Å². The lowest BCUT2D eigenvalue weighted by atomic mass is 10.0. The summed E-state index contributed by atoms with van der Waals surface area (Å²) in [5.41, 5.74) is 20.3. The fourth-order valence-corrected chi connectivity index (χ4v) is 13.2. The van der Waals surface area contributed by atoms with Crippen molar-refractivity contribution in [2.45, 2.75) is 69.2 Å². The molecule has 20 nitrogen and oxygen atoms in total. The number of benzene rings is 10. The van der Waals surface area contributed by atoms with E-state index in [0.29, 0.717) is 55.8 Å². The minimum Gasteiger partial charge on any atom is -0.508 e. The van der Waals surface area contributed by atoms with E-state index in [4.69, 9.17) is 15.1 Å². The number of pyridine rings is 5. The number of hydrogen-bond acceptors (Lipinski definition) is 18. The molecule has 0 spiro atoms. The lowest BCUT2D eigenvalue weighted by Gasteiger charge is -2.08. The van der Waals surface area contributed by atoms with Crippen molar-refractivity contribution in [2.24, 2.45) is 0 Å². The molecule has 9 N–H and O–H groups in total. The van der Waals surface area contributed by atoms with Gasteiger partial charge in [-0.2, -0.15) is 5.26 Å². The second kappa shape index (κ2) is 37.0. The summed E-state index contributed by atoms with van der Waals surface area (Å²) in [6.45, 7) is 19.2. The zero-order chi connectivity index (χ0) is 84.8. The molecule has 0 aliphatic heterocycles. The number of non-ortho nitro benzene ring substituents is 1. The van der Waals surface area contributed by atoms with Crippen LogP contribution in [0.2, 0.25) is 0 Å². The number of carbonyl (C=O) groups is 1. The van der Waals surface area contributed by atoms with Crippen molar-refractivity contribution in [3.05, 3.63) is 333 Å². The van der Waals surface area contributed by atoms with E-state index in [2.05, 4.69) is 31.0 Å². The van der Waals surface area contributed by atoms with Crippen LogP contribution in [0.3, 0.4) is 0 Å². The van der Waals surface area contributed by atoms with E-state index >= 15 is 0 Å². The maximum atomic E-state index is 11.0. The number of hydrogen-bond donors (Lipinski definition) is 9. The molecule has 590 valence electrons. The third-order valence-electron chi connectivity index (χ3n) is 19.6. The number of methoxy groups -OCH3 is 1. The standard InChI is InChI=1S/C20H16N2O.C20H17NO4.C20H19NO3.C19H16N2O3.C19H17NO2/c1-13-11-14(2)20(23)19-18(13)10-9-17(22-19)8-7-15-5-3-4-6-16(15)12-21;1-11-9-12(2)19(23)18-16(11)7-6-15(21-18)5-3-13-10-14(20(24)25)4-8-17(13)22;1-12-10-13(2)20(23)19-16(12)8-7-15(21-19)6-4-14-5-9-17(22)18(11-14)24-3;1-12-10-13(2)19(22)18-17(12)9-8-15(20-18)7-6-14-4-3-5-16(11-14)21(23)24;1-12-10-13(2)19(22)18-17(12)9-8-15(20-18)7-6-14-4-3-5-16(21)11-14/h3-11,23H,1-2H3;3-10,22-23H,1-2H3,(H,24,25);4-11,22-23H,1-3H3;3-11,22H,1-2H3;3-11,21-22H,1-2H3/b8-7+;5-3+;6-4+;2*7-6+. The maximum Gasteiger partial charge on any atom is 0.335 e. The van der Waals surface area contributed by atoms with Crippen molar-refractivity contribution in [2.75, 3.05) is 7.11 Å². The average Bonchev–Trinajstić information content (AvgIpc) is 0.809. The average molecular weight is 1570 g/mol. The van der Waals surface area contributed by atoms with E-state index < -0.39 is 10.9 Å². The number of phenolic OH excluding ortho intramolecular Hbond substituents is 8. The summed E-state index contributed by atoms with van der Waals surface area (Å²) in [4.78, 5) is 44.0. The number of aromatic nitrogens is 5. The highest BCUT2D eigenvalue weighted by Gasteiger charge is 2.16. The Balaban J connectivity index is 0.000000145. The number of carboxylic acid groups (broad SMARTS) is 1. The largest absolute Gasteiger partial charge is 0.508 e. The second-order valence-corrected chi connectivity index (χ2v) is 28.3. The van der Waals surface area contributed by atoms with E-state index in [1.807, 2.05) is 215 Å². The number of nitro benzene ring substituents is 1. The Morgan fingerprint density at radius 1 is 0.364 bits per heavy atom. The van der Waals surface area contributed by atoms with Gasteiger partial charge >= 0.3 is 5.97 Å². The monoisotopic (exact) mass is 1570 g/mol. The quantitative estimate of drug-likeness (QED) is 0.0382. The van der Waals surface area contributed by atoms with Gasteiger partial charge in [0.25, 0.3) is 5.69 Å². The molecule has 0 saturated carbocycles. The molecule has 0 aliphatic carbocycles. The van der Waals surface area contributed by atoms with Gasteiger partial charge in [0.2, 0.25) is 0 Å². The third-order valence-corrected chi connectivity index (χ3v) is 19.6. The fourth-order valence-electron chi connectivity index (χ4n) is 13.2. The number of aromatic hydroxyl groups is 8. The zero-order valence-electron chi connectivity index (χ0n) is 66.6. The van der Waals surface area contributed by atoms with Crippen LogP contribution in [0.5, 0.6) is 51.7 Å². The Morgan fingerprint density at radius 3 is 1.08 bits per heavy atom. The summed E-state index contributed by atoms with van der Waals surface area (Å²) in [5.74, 6) is 0.682. The predicted octanol–water partition coefficient (Wildman–Crippen LogP) is 22.2. The number of nitriles is 1. The zero-order valence-corrected chi connectivity index (χ0v) is 66.6. The smallest absolute Gasteiger partial charge is 0.335 e. The van der Waals surface area contributed by atoms with E-state index in [9.17, 15) is 55.8 Å².